The summed E-state index contributed by atoms with van der Waals surface area (Å²) in [6.45, 7) is 4.22. The second-order valence-electron chi connectivity index (χ2n) is 4.84. The third-order valence-corrected chi connectivity index (χ3v) is 5.38. The molecule has 2 rings (SSSR count). The van der Waals surface area contributed by atoms with Gasteiger partial charge in [-0.2, -0.15) is 0 Å². The van der Waals surface area contributed by atoms with Gasteiger partial charge >= 0.3 is 0 Å². The van der Waals surface area contributed by atoms with Crippen LogP contribution in [0.15, 0.2) is 16.6 Å². The highest BCUT2D eigenvalue weighted by atomic mass is 79.9. The van der Waals surface area contributed by atoms with Gasteiger partial charge in [0.2, 0.25) is 0 Å². The summed E-state index contributed by atoms with van der Waals surface area (Å²) in [6, 6.07) is 2.71. The van der Waals surface area contributed by atoms with E-state index in [-0.39, 0.29) is 5.56 Å². The zero-order chi connectivity index (χ0) is 13.3. The molecule has 2 atom stereocenters. The molecular weight excluding hydrogens is 368 g/mol. The Morgan fingerprint density at radius 1 is 1.39 bits per heavy atom. The third kappa shape index (κ3) is 3.11. The molecule has 1 saturated heterocycles. The summed E-state index contributed by atoms with van der Waals surface area (Å²) in [4.78, 5) is 2.61. The highest BCUT2D eigenvalue weighted by Gasteiger charge is 2.25. The van der Waals surface area contributed by atoms with Gasteiger partial charge in [-0.1, -0.05) is 22.9 Å². The van der Waals surface area contributed by atoms with Crippen molar-refractivity contribution in [1.82, 2.24) is 4.90 Å². The molecule has 1 fully saturated rings. The molecule has 100 valence electrons. The van der Waals surface area contributed by atoms with Crippen LogP contribution in [0, 0.1) is 17.6 Å². The van der Waals surface area contributed by atoms with Crippen LogP contribution < -0.4 is 0 Å². The largest absolute Gasteiger partial charge is 0.299 e. The van der Waals surface area contributed by atoms with Gasteiger partial charge in [-0.15, -0.1) is 0 Å². The van der Waals surface area contributed by atoms with E-state index in [9.17, 15) is 8.78 Å². The van der Waals surface area contributed by atoms with Crippen LogP contribution >= 0.6 is 31.9 Å². The van der Waals surface area contributed by atoms with Gasteiger partial charge in [-0.25, -0.2) is 8.78 Å². The van der Waals surface area contributed by atoms with Gasteiger partial charge in [0.1, 0.15) is 11.6 Å². The molecule has 18 heavy (non-hydrogen) atoms. The Morgan fingerprint density at radius 2 is 2.11 bits per heavy atom. The van der Waals surface area contributed by atoms with Crippen molar-refractivity contribution in [3.63, 3.8) is 0 Å². The van der Waals surface area contributed by atoms with E-state index in [2.05, 4.69) is 43.7 Å². The van der Waals surface area contributed by atoms with Gasteiger partial charge in [-0.3, -0.25) is 4.90 Å². The van der Waals surface area contributed by atoms with E-state index < -0.39 is 11.6 Å². The smallest absolute Gasteiger partial charge is 0.144 e. The number of hydrogen-bond acceptors (Lipinski definition) is 1. The zero-order valence-electron chi connectivity index (χ0n) is 10.1. The Morgan fingerprint density at radius 3 is 2.78 bits per heavy atom. The molecule has 0 saturated carbocycles. The van der Waals surface area contributed by atoms with Crippen LogP contribution in [-0.4, -0.2) is 22.8 Å². The Balaban J connectivity index is 2.13. The summed E-state index contributed by atoms with van der Waals surface area (Å²) < 4.78 is 27.9. The predicted octanol–water partition coefficient (Wildman–Crippen LogP) is 4.33. The summed E-state index contributed by atoms with van der Waals surface area (Å²) in [7, 11) is 0. The van der Waals surface area contributed by atoms with Crippen LogP contribution in [-0.2, 0) is 6.54 Å². The number of piperidine rings is 1. The molecule has 1 aliphatic rings. The Hall–Kier alpha value is -0.0000000000000000555. The molecule has 1 aliphatic heterocycles. The lowest BCUT2D eigenvalue weighted by molar-refractivity contribution is 0.179. The lowest BCUT2D eigenvalue weighted by Gasteiger charge is -2.34. The highest BCUT2D eigenvalue weighted by Crippen LogP contribution is 2.27. The number of benzene rings is 1. The second-order valence-corrected chi connectivity index (χ2v) is 6.87. The van der Waals surface area contributed by atoms with Crippen molar-refractivity contribution in [1.29, 1.82) is 0 Å². The predicted molar refractivity (Wildman–Crippen MR) is 75.8 cm³/mol. The fourth-order valence-electron chi connectivity index (χ4n) is 2.28. The van der Waals surface area contributed by atoms with Crippen LogP contribution in [0.1, 0.15) is 18.9 Å². The van der Waals surface area contributed by atoms with Crippen LogP contribution in [0.3, 0.4) is 0 Å². The zero-order valence-corrected chi connectivity index (χ0v) is 13.3. The second kappa shape index (κ2) is 5.97. The first kappa shape index (κ1) is 14.4. The lowest BCUT2D eigenvalue weighted by Crippen LogP contribution is -2.39. The third-order valence-electron chi connectivity index (χ3n) is 3.41. The quantitative estimate of drug-likeness (QED) is 0.543. The van der Waals surface area contributed by atoms with Crippen molar-refractivity contribution < 1.29 is 8.78 Å². The molecule has 0 aliphatic carbocycles. The summed E-state index contributed by atoms with van der Waals surface area (Å²) in [5, 5.41) is 0. The molecule has 1 heterocycles. The molecule has 1 nitrogen and oxygen atoms in total. The average molecular weight is 383 g/mol. The molecule has 1 aromatic rings. The van der Waals surface area contributed by atoms with E-state index in [0.717, 1.165) is 19.5 Å². The van der Waals surface area contributed by atoms with Crippen molar-refractivity contribution in [3.8, 4) is 0 Å². The number of alkyl halides is 1. The summed E-state index contributed by atoms with van der Waals surface area (Å²) >= 11 is 6.72. The van der Waals surface area contributed by atoms with Crippen molar-refractivity contribution in [3.05, 3.63) is 33.8 Å². The minimum absolute atomic E-state index is 0.157. The number of halogens is 4. The van der Waals surface area contributed by atoms with Crippen LogP contribution in [0.25, 0.3) is 0 Å². The summed E-state index contributed by atoms with van der Waals surface area (Å²) in [6.07, 6.45) is 1.01. The van der Waals surface area contributed by atoms with Gasteiger partial charge in [-0.05, 0) is 46.9 Å². The first-order valence-corrected chi connectivity index (χ1v) is 7.68. The Kier molecular flexibility index (Phi) is 4.78. The SMILES string of the molecule is CC1CN(Cc2c(F)ccc(Br)c2F)CCC1Br. The van der Waals surface area contributed by atoms with E-state index in [1.165, 1.54) is 12.1 Å². The Bertz CT molecular complexity index is 439. The maximum Gasteiger partial charge on any atom is 0.144 e. The van der Waals surface area contributed by atoms with E-state index in [4.69, 9.17) is 0 Å². The molecule has 0 N–H and O–H groups in total. The summed E-state index contributed by atoms with van der Waals surface area (Å²) in [5.41, 5.74) is 0.157. The fraction of sp³-hybridized carbons (Fsp3) is 0.538. The van der Waals surface area contributed by atoms with Crippen molar-refractivity contribution in [2.24, 2.45) is 5.92 Å². The molecule has 2 unspecified atom stereocenters. The molecule has 0 bridgehead atoms. The van der Waals surface area contributed by atoms with E-state index in [1.807, 2.05) is 0 Å². The molecule has 0 radical (unpaired) electrons. The van der Waals surface area contributed by atoms with Crippen molar-refractivity contribution in [2.75, 3.05) is 13.1 Å². The van der Waals surface area contributed by atoms with Crippen LogP contribution in [0.5, 0.6) is 0 Å². The monoisotopic (exact) mass is 381 g/mol. The normalized spacial score (nSPS) is 25.4. The summed E-state index contributed by atoms with van der Waals surface area (Å²) in [5.74, 6) is -0.454. The lowest BCUT2D eigenvalue weighted by atomic mass is 9.99. The maximum atomic E-state index is 13.9. The highest BCUT2D eigenvalue weighted by molar-refractivity contribution is 9.10. The fourth-order valence-corrected chi connectivity index (χ4v) is 3.03. The molecule has 5 heteroatoms. The number of likely N-dealkylation sites (tertiary alicyclic amines) is 1. The minimum atomic E-state index is -0.483. The van der Waals surface area contributed by atoms with E-state index >= 15 is 0 Å². The molecular formula is C13H15Br2F2N. The maximum absolute atomic E-state index is 13.9. The first-order chi connectivity index (χ1) is 8.49. The van der Waals surface area contributed by atoms with Crippen LogP contribution in [0.4, 0.5) is 8.78 Å². The molecule has 0 aromatic heterocycles. The van der Waals surface area contributed by atoms with Crippen LogP contribution in [0.2, 0.25) is 0 Å². The average Bonchev–Trinajstić information content (AvgIpc) is 2.34. The molecule has 0 spiro atoms. The minimum Gasteiger partial charge on any atom is -0.299 e. The van der Waals surface area contributed by atoms with Crippen molar-refractivity contribution >= 4 is 31.9 Å². The van der Waals surface area contributed by atoms with Gasteiger partial charge in [0.05, 0.1) is 4.47 Å². The number of nitrogens with zero attached hydrogens (tertiary/aromatic N) is 1. The standard InChI is InChI=1S/C13H15Br2F2N/c1-8-6-18(5-4-10(8)14)7-9-12(16)3-2-11(15)13(9)17/h2-3,8,10H,4-7H2,1H3. The number of rotatable bonds is 2. The molecule has 1 aromatic carbocycles. The van der Waals surface area contributed by atoms with Gasteiger partial charge in [0.15, 0.2) is 0 Å². The topological polar surface area (TPSA) is 3.24 Å². The van der Waals surface area contributed by atoms with Crippen molar-refractivity contribution in [2.45, 2.75) is 24.7 Å². The van der Waals surface area contributed by atoms with Gasteiger partial charge in [0.25, 0.3) is 0 Å². The van der Waals surface area contributed by atoms with E-state index in [1.54, 1.807) is 0 Å². The first-order valence-electron chi connectivity index (χ1n) is 5.98. The Labute approximate surface area is 123 Å². The van der Waals surface area contributed by atoms with E-state index in [0.29, 0.717) is 21.8 Å². The van der Waals surface area contributed by atoms with Gasteiger partial charge in [0, 0.05) is 23.5 Å². The number of hydrogen-bond donors (Lipinski definition) is 0. The van der Waals surface area contributed by atoms with Gasteiger partial charge < -0.3 is 0 Å². The molecule has 0 amide bonds.